The molecular formula is C14H11N3O2S2. The first kappa shape index (κ1) is 13.8. The van der Waals surface area contributed by atoms with Crippen LogP contribution >= 0.6 is 22.7 Å². The minimum atomic E-state index is -0.429. The fourth-order valence-electron chi connectivity index (χ4n) is 2.06. The van der Waals surface area contributed by atoms with E-state index in [1.807, 2.05) is 6.92 Å². The quantitative estimate of drug-likeness (QED) is 0.342. The molecule has 0 saturated carbocycles. The molecule has 21 heavy (non-hydrogen) atoms. The molecular weight excluding hydrogens is 306 g/mol. The van der Waals surface area contributed by atoms with Crippen molar-refractivity contribution in [1.29, 1.82) is 0 Å². The molecule has 0 radical (unpaired) electrons. The van der Waals surface area contributed by atoms with E-state index in [1.54, 1.807) is 34.8 Å². The van der Waals surface area contributed by atoms with Crippen LogP contribution in [0.5, 0.6) is 0 Å². The van der Waals surface area contributed by atoms with Gasteiger partial charge in [0.2, 0.25) is 0 Å². The summed E-state index contributed by atoms with van der Waals surface area (Å²) in [5.41, 5.74) is 3.06. The van der Waals surface area contributed by atoms with Gasteiger partial charge in [-0.05, 0) is 42.5 Å². The molecule has 0 saturated heterocycles. The van der Waals surface area contributed by atoms with Crippen LogP contribution in [0.25, 0.3) is 9.40 Å². The van der Waals surface area contributed by atoms with Gasteiger partial charge < -0.3 is 0 Å². The molecule has 0 bridgehead atoms. The molecule has 0 spiro atoms. The minimum absolute atomic E-state index is 0.0531. The van der Waals surface area contributed by atoms with Crippen molar-refractivity contribution >= 4 is 48.4 Å². The Morgan fingerprint density at radius 2 is 1.86 bits per heavy atom. The highest BCUT2D eigenvalue weighted by Gasteiger charge is 2.11. The van der Waals surface area contributed by atoms with E-state index in [0.29, 0.717) is 5.69 Å². The minimum Gasteiger partial charge on any atom is -0.258 e. The summed E-state index contributed by atoms with van der Waals surface area (Å²) in [5.74, 6) is 0. The molecule has 0 unspecified atom stereocenters. The van der Waals surface area contributed by atoms with Crippen molar-refractivity contribution < 1.29 is 4.92 Å². The molecule has 1 aromatic carbocycles. The molecule has 3 aromatic rings. The second-order valence-corrected chi connectivity index (χ2v) is 6.72. The van der Waals surface area contributed by atoms with E-state index >= 15 is 0 Å². The van der Waals surface area contributed by atoms with Crippen LogP contribution < -0.4 is 0 Å². The topological polar surface area (TPSA) is 67.9 Å². The number of hydrogen-bond donors (Lipinski definition) is 0. The Kier molecular flexibility index (Phi) is 3.52. The Morgan fingerprint density at radius 3 is 2.48 bits per heavy atom. The third kappa shape index (κ3) is 2.57. The van der Waals surface area contributed by atoms with Gasteiger partial charge >= 0.3 is 0 Å². The van der Waals surface area contributed by atoms with Crippen LogP contribution in [-0.4, -0.2) is 4.92 Å². The second-order valence-electron chi connectivity index (χ2n) is 4.59. The lowest BCUT2D eigenvalue weighted by molar-refractivity contribution is -0.384. The Hall–Kier alpha value is -2.12. The smallest absolute Gasteiger partial charge is 0.258 e. The summed E-state index contributed by atoms with van der Waals surface area (Å²) in [7, 11) is 0. The maximum absolute atomic E-state index is 10.6. The SMILES string of the molecule is Cc1csc2sc(N=Nc3ccc([N+](=O)[O-])cc3)c(C)c12. The van der Waals surface area contributed by atoms with Crippen molar-refractivity contribution in [1.82, 2.24) is 0 Å². The van der Waals surface area contributed by atoms with Crippen molar-refractivity contribution in [2.75, 3.05) is 0 Å². The van der Waals surface area contributed by atoms with Gasteiger partial charge in [-0.1, -0.05) is 0 Å². The Labute approximate surface area is 128 Å². The van der Waals surface area contributed by atoms with Crippen LogP contribution in [0, 0.1) is 24.0 Å². The van der Waals surface area contributed by atoms with Gasteiger partial charge in [0.25, 0.3) is 5.69 Å². The largest absolute Gasteiger partial charge is 0.269 e. The Morgan fingerprint density at radius 1 is 1.14 bits per heavy atom. The number of rotatable bonds is 3. The number of fused-ring (bicyclic) bond motifs is 1. The standard InChI is InChI=1S/C14H11N3O2S2/c1-8-7-20-14-12(8)9(2)13(21-14)16-15-10-3-5-11(6-4-10)17(18)19/h3-7H,1-2H3. The predicted octanol–water partition coefficient (Wildman–Crippen LogP) is 5.90. The lowest BCUT2D eigenvalue weighted by Gasteiger charge is -1.93. The van der Waals surface area contributed by atoms with Gasteiger partial charge in [-0.3, -0.25) is 10.1 Å². The summed E-state index contributed by atoms with van der Waals surface area (Å²) in [5, 5.41) is 23.3. The van der Waals surface area contributed by atoms with Crippen molar-refractivity contribution in [2.45, 2.75) is 13.8 Å². The van der Waals surface area contributed by atoms with E-state index in [0.717, 1.165) is 10.6 Å². The lowest BCUT2D eigenvalue weighted by atomic mass is 10.2. The molecule has 7 heteroatoms. The fourth-order valence-corrected chi connectivity index (χ4v) is 4.39. The van der Waals surface area contributed by atoms with E-state index in [-0.39, 0.29) is 5.69 Å². The molecule has 3 rings (SSSR count). The lowest BCUT2D eigenvalue weighted by Crippen LogP contribution is -1.85. The molecule has 106 valence electrons. The van der Waals surface area contributed by atoms with Gasteiger partial charge in [-0.25, -0.2) is 0 Å². The zero-order valence-electron chi connectivity index (χ0n) is 11.4. The molecule has 0 aliphatic carbocycles. The average Bonchev–Trinajstić information content (AvgIpc) is 2.98. The van der Waals surface area contributed by atoms with Gasteiger partial charge in [0.05, 0.1) is 14.6 Å². The van der Waals surface area contributed by atoms with Crippen LogP contribution in [0.4, 0.5) is 16.4 Å². The van der Waals surface area contributed by atoms with Crippen LogP contribution in [0.15, 0.2) is 39.9 Å². The average molecular weight is 317 g/mol. The maximum atomic E-state index is 10.6. The third-order valence-electron chi connectivity index (χ3n) is 3.14. The van der Waals surface area contributed by atoms with E-state index in [1.165, 1.54) is 27.1 Å². The fraction of sp³-hybridized carbons (Fsp3) is 0.143. The number of hydrogen-bond acceptors (Lipinski definition) is 6. The molecule has 0 aliphatic rings. The maximum Gasteiger partial charge on any atom is 0.269 e. The van der Waals surface area contributed by atoms with Crippen LogP contribution in [-0.2, 0) is 0 Å². The first-order valence-electron chi connectivity index (χ1n) is 6.19. The normalized spacial score (nSPS) is 11.5. The number of aryl methyl sites for hydroxylation is 2. The summed E-state index contributed by atoms with van der Waals surface area (Å²) in [6.07, 6.45) is 0. The molecule has 0 atom stereocenters. The third-order valence-corrected chi connectivity index (χ3v) is 5.54. The van der Waals surface area contributed by atoms with E-state index in [4.69, 9.17) is 0 Å². The number of benzene rings is 1. The monoisotopic (exact) mass is 317 g/mol. The van der Waals surface area contributed by atoms with Crippen LogP contribution in [0.3, 0.4) is 0 Å². The highest BCUT2D eigenvalue weighted by Crippen LogP contribution is 2.42. The number of thiophene rings is 2. The van der Waals surface area contributed by atoms with Crippen molar-refractivity contribution in [2.24, 2.45) is 10.2 Å². The molecule has 0 amide bonds. The summed E-state index contributed by atoms with van der Waals surface area (Å²) < 4.78 is 1.25. The highest BCUT2D eigenvalue weighted by molar-refractivity contribution is 7.39. The Balaban J connectivity index is 1.90. The van der Waals surface area contributed by atoms with Gasteiger partial charge in [0, 0.05) is 17.5 Å². The zero-order chi connectivity index (χ0) is 15.0. The summed E-state index contributed by atoms with van der Waals surface area (Å²) >= 11 is 3.34. The summed E-state index contributed by atoms with van der Waals surface area (Å²) in [6.45, 7) is 4.14. The molecule has 0 fully saturated rings. The summed E-state index contributed by atoms with van der Waals surface area (Å²) in [6, 6.07) is 6.05. The number of nitro groups is 1. The van der Waals surface area contributed by atoms with Crippen molar-refractivity contribution in [3.05, 3.63) is 50.9 Å². The van der Waals surface area contributed by atoms with Crippen molar-refractivity contribution in [3.8, 4) is 0 Å². The van der Waals surface area contributed by atoms with Gasteiger partial charge in [0.1, 0.15) is 5.00 Å². The van der Waals surface area contributed by atoms with Gasteiger partial charge in [-0.15, -0.1) is 32.9 Å². The number of nitro benzene ring substituents is 1. The molecule has 5 nitrogen and oxygen atoms in total. The zero-order valence-corrected chi connectivity index (χ0v) is 13.0. The highest BCUT2D eigenvalue weighted by atomic mass is 32.2. The molecule has 0 aliphatic heterocycles. The number of nitrogens with zero attached hydrogens (tertiary/aromatic N) is 3. The molecule has 0 N–H and O–H groups in total. The van der Waals surface area contributed by atoms with E-state index in [2.05, 4.69) is 22.5 Å². The predicted molar refractivity (Wildman–Crippen MR) is 86.4 cm³/mol. The first-order valence-corrected chi connectivity index (χ1v) is 7.89. The van der Waals surface area contributed by atoms with Crippen LogP contribution in [0.2, 0.25) is 0 Å². The molecule has 2 aromatic heterocycles. The van der Waals surface area contributed by atoms with E-state index in [9.17, 15) is 10.1 Å². The summed E-state index contributed by atoms with van der Waals surface area (Å²) in [4.78, 5) is 10.2. The van der Waals surface area contributed by atoms with Gasteiger partial charge in [0.15, 0.2) is 0 Å². The number of non-ortho nitro benzene ring substituents is 1. The second kappa shape index (κ2) is 5.34. The van der Waals surface area contributed by atoms with Gasteiger partial charge in [-0.2, -0.15) is 0 Å². The van der Waals surface area contributed by atoms with Crippen LogP contribution in [0.1, 0.15) is 11.1 Å². The number of azo groups is 1. The molecule has 2 heterocycles. The first-order chi connectivity index (χ1) is 10.1. The van der Waals surface area contributed by atoms with E-state index < -0.39 is 4.92 Å². The van der Waals surface area contributed by atoms with Crippen molar-refractivity contribution in [3.63, 3.8) is 0 Å². The Bertz CT molecular complexity index is 847.